The first-order valence-corrected chi connectivity index (χ1v) is 18.6. The normalized spacial score (nSPS) is 11.6. The Balaban J connectivity index is 1.21. The number of phenols is 1. The molecule has 0 saturated heterocycles. The fraction of sp³-hybridized carbons (Fsp3) is 0.140. The van der Waals surface area contributed by atoms with Crippen molar-refractivity contribution in [1.82, 2.24) is 5.32 Å². The second-order valence-electron chi connectivity index (χ2n) is 13.6. The topological polar surface area (TPSA) is 302 Å². The van der Waals surface area contributed by atoms with Gasteiger partial charge in [0.05, 0.1) is 27.8 Å². The lowest BCUT2D eigenvalue weighted by molar-refractivity contribution is -0.384. The second kappa shape index (κ2) is 20.1. The van der Waals surface area contributed by atoms with Crippen molar-refractivity contribution in [3.63, 3.8) is 0 Å². The minimum atomic E-state index is -1.88. The number of carbonyl (C=O) groups excluding carboxylic acids is 5. The summed E-state index contributed by atoms with van der Waals surface area (Å²) in [6.07, 6.45) is -2.25. The summed E-state index contributed by atoms with van der Waals surface area (Å²) in [7, 11) is 1.07. The van der Waals surface area contributed by atoms with Gasteiger partial charge < -0.3 is 51.4 Å². The third-order valence-electron chi connectivity index (χ3n) is 8.90. The molecule has 5 aromatic carbocycles. The monoisotopic (exact) mass is 862 g/mol. The number of carboxylic acid groups (broad SMARTS) is 2. The number of aromatic hydroxyl groups is 1. The molecule has 0 aliphatic carbocycles. The zero-order valence-electron chi connectivity index (χ0n) is 33.4. The predicted octanol–water partition coefficient (Wildman–Crippen LogP) is 5.38. The summed E-state index contributed by atoms with van der Waals surface area (Å²) in [5.74, 6) is -7.38. The number of nitrogens with zero attached hydrogens (tertiary/aromatic N) is 1. The SMILES string of the molecule is COC(C(=O)Nc1ccc(C(=O)Nc2ccc(C(=O)Nc3ccc(C(=O)O)cc3)c(O)c2OC(C)C)cc1)C(NC(=O)c1ccc(NC(=O)c2ccc([N+](=O)[O-])cc2)cc1)C(=O)O. The van der Waals surface area contributed by atoms with E-state index in [-0.39, 0.29) is 62.0 Å². The molecule has 0 spiro atoms. The van der Waals surface area contributed by atoms with Gasteiger partial charge in [0.15, 0.2) is 23.6 Å². The summed E-state index contributed by atoms with van der Waals surface area (Å²) < 4.78 is 10.9. The third-order valence-corrected chi connectivity index (χ3v) is 8.90. The summed E-state index contributed by atoms with van der Waals surface area (Å²) in [4.78, 5) is 98.9. The highest BCUT2D eigenvalue weighted by molar-refractivity contribution is 6.10. The van der Waals surface area contributed by atoms with E-state index in [1.807, 2.05) is 0 Å². The first-order valence-electron chi connectivity index (χ1n) is 18.6. The summed E-state index contributed by atoms with van der Waals surface area (Å²) in [5, 5.41) is 53.5. The Bertz CT molecular complexity index is 2560. The molecule has 324 valence electrons. The number of rotatable bonds is 17. The molecule has 2 atom stereocenters. The van der Waals surface area contributed by atoms with E-state index >= 15 is 0 Å². The quantitative estimate of drug-likeness (QED) is 0.0430. The van der Waals surface area contributed by atoms with Crippen molar-refractivity contribution in [3.8, 4) is 11.5 Å². The predicted molar refractivity (Wildman–Crippen MR) is 225 cm³/mol. The van der Waals surface area contributed by atoms with E-state index in [9.17, 15) is 53.9 Å². The van der Waals surface area contributed by atoms with E-state index in [4.69, 9.17) is 14.6 Å². The number of carboxylic acids is 2. The number of nitro groups is 1. The third kappa shape index (κ3) is 11.6. The number of hydrogen-bond acceptors (Lipinski definition) is 12. The molecule has 0 heterocycles. The maximum Gasteiger partial charge on any atom is 0.335 e. The van der Waals surface area contributed by atoms with Crippen molar-refractivity contribution in [1.29, 1.82) is 0 Å². The molecule has 2 unspecified atom stereocenters. The number of methoxy groups -OCH3 is 1. The molecule has 0 saturated carbocycles. The molecule has 20 nitrogen and oxygen atoms in total. The van der Waals surface area contributed by atoms with Crippen LogP contribution in [0.3, 0.4) is 0 Å². The van der Waals surface area contributed by atoms with Gasteiger partial charge in [-0.25, -0.2) is 9.59 Å². The average molecular weight is 863 g/mol. The van der Waals surface area contributed by atoms with E-state index < -0.39 is 70.4 Å². The Kier molecular flexibility index (Phi) is 14.5. The lowest BCUT2D eigenvalue weighted by Gasteiger charge is -2.23. The van der Waals surface area contributed by atoms with Gasteiger partial charge in [-0.3, -0.25) is 34.1 Å². The summed E-state index contributed by atoms with van der Waals surface area (Å²) in [6, 6.07) is 21.6. The van der Waals surface area contributed by atoms with Gasteiger partial charge in [-0.1, -0.05) is 0 Å². The van der Waals surface area contributed by atoms with Crippen LogP contribution in [0.2, 0.25) is 0 Å². The number of benzene rings is 5. The number of phenolic OH excluding ortho intramolecular Hbond substituents is 1. The van der Waals surface area contributed by atoms with Gasteiger partial charge in [0, 0.05) is 53.0 Å². The fourth-order valence-electron chi connectivity index (χ4n) is 5.74. The van der Waals surface area contributed by atoms with Crippen LogP contribution in [-0.2, 0) is 14.3 Å². The van der Waals surface area contributed by atoms with Crippen LogP contribution in [0.4, 0.5) is 28.4 Å². The van der Waals surface area contributed by atoms with Crippen LogP contribution >= 0.6 is 0 Å². The van der Waals surface area contributed by atoms with E-state index in [2.05, 4.69) is 26.6 Å². The number of carbonyl (C=O) groups is 7. The van der Waals surface area contributed by atoms with Crippen molar-refractivity contribution in [2.24, 2.45) is 0 Å². The molecule has 20 heteroatoms. The number of non-ortho nitro benzene ring substituents is 1. The number of amides is 5. The van der Waals surface area contributed by atoms with Gasteiger partial charge in [-0.2, -0.15) is 0 Å². The van der Waals surface area contributed by atoms with Crippen LogP contribution in [0, 0.1) is 10.1 Å². The van der Waals surface area contributed by atoms with Gasteiger partial charge in [0.2, 0.25) is 0 Å². The Morgan fingerprint density at radius 1 is 0.603 bits per heavy atom. The molecule has 0 fully saturated rings. The lowest BCUT2D eigenvalue weighted by Crippen LogP contribution is -2.54. The number of nitrogens with one attached hydrogen (secondary N) is 5. The van der Waals surface area contributed by atoms with E-state index in [0.717, 1.165) is 7.11 Å². The molecule has 5 aromatic rings. The van der Waals surface area contributed by atoms with Gasteiger partial charge in [0.25, 0.3) is 35.2 Å². The minimum absolute atomic E-state index is 0.00798. The van der Waals surface area contributed by atoms with E-state index in [1.54, 1.807) is 13.8 Å². The molecule has 0 aliphatic heterocycles. The zero-order chi connectivity index (χ0) is 46.0. The molecule has 0 bridgehead atoms. The van der Waals surface area contributed by atoms with Crippen LogP contribution in [0.5, 0.6) is 11.5 Å². The van der Waals surface area contributed by atoms with Gasteiger partial charge in [0.1, 0.15) is 0 Å². The van der Waals surface area contributed by atoms with Crippen molar-refractivity contribution >= 4 is 69.9 Å². The number of anilines is 4. The molecule has 5 rings (SSSR count). The standard InChI is InChI=1S/C43H38N6O14/c1-22(2)63-35-32(21-20-31(34(35)50)40(54)45-28-16-8-26(9-17-28)42(56)57)47-38(52)23-4-14-29(15-5-23)46-41(55)36(62-3)33(43(58)59)48-39(53)24-6-12-27(13-7-24)44-37(51)25-10-18-30(19-11-25)49(60)61/h4-22,33,36,50H,1-3H3,(H,44,51)(H,45,54)(H,46,55)(H,47,52)(H,48,53)(H,56,57)(H,58,59). The molecule has 8 N–H and O–H groups in total. The highest BCUT2D eigenvalue weighted by atomic mass is 16.6. The minimum Gasteiger partial charge on any atom is -0.504 e. The van der Waals surface area contributed by atoms with Crippen molar-refractivity contribution < 1.29 is 63.3 Å². The van der Waals surface area contributed by atoms with Crippen LogP contribution in [0.25, 0.3) is 0 Å². The first kappa shape index (κ1) is 45.4. The highest BCUT2D eigenvalue weighted by Crippen LogP contribution is 2.39. The largest absolute Gasteiger partial charge is 0.504 e. The van der Waals surface area contributed by atoms with Crippen LogP contribution in [0.15, 0.2) is 109 Å². The van der Waals surface area contributed by atoms with E-state index in [0.29, 0.717) is 0 Å². The molecule has 0 aromatic heterocycles. The molecule has 63 heavy (non-hydrogen) atoms. The fourth-order valence-corrected chi connectivity index (χ4v) is 5.74. The maximum atomic E-state index is 13.3. The van der Waals surface area contributed by atoms with Crippen molar-refractivity contribution in [3.05, 3.63) is 147 Å². The molecule has 0 radical (unpaired) electrons. The van der Waals surface area contributed by atoms with Crippen molar-refractivity contribution in [2.45, 2.75) is 32.1 Å². The zero-order valence-corrected chi connectivity index (χ0v) is 33.4. The first-order chi connectivity index (χ1) is 29.9. The number of aromatic carboxylic acids is 1. The van der Waals surface area contributed by atoms with Crippen LogP contribution in [-0.4, -0.2) is 87.1 Å². The highest BCUT2D eigenvalue weighted by Gasteiger charge is 2.36. The maximum absolute atomic E-state index is 13.3. The Morgan fingerprint density at radius 3 is 1.54 bits per heavy atom. The summed E-state index contributed by atoms with van der Waals surface area (Å²) >= 11 is 0. The Morgan fingerprint density at radius 2 is 1.06 bits per heavy atom. The Hall–Kier alpha value is -8.65. The summed E-state index contributed by atoms with van der Waals surface area (Å²) in [6.45, 7) is 3.32. The number of ether oxygens (including phenoxy) is 2. The molecule has 5 amide bonds. The molecular weight excluding hydrogens is 825 g/mol. The molecular formula is C43H38N6O14. The van der Waals surface area contributed by atoms with Crippen LogP contribution < -0.4 is 31.3 Å². The number of hydrogen-bond donors (Lipinski definition) is 8. The Labute approximate surface area is 357 Å². The number of aliphatic carboxylic acids is 1. The van der Waals surface area contributed by atoms with E-state index in [1.165, 1.54) is 109 Å². The second-order valence-corrected chi connectivity index (χ2v) is 13.6. The average Bonchev–Trinajstić information content (AvgIpc) is 3.25. The summed E-state index contributed by atoms with van der Waals surface area (Å²) in [5.41, 5.74) is 0.445. The van der Waals surface area contributed by atoms with Crippen molar-refractivity contribution in [2.75, 3.05) is 28.4 Å². The van der Waals surface area contributed by atoms with Gasteiger partial charge in [-0.05, 0) is 111 Å². The van der Waals surface area contributed by atoms with Gasteiger partial charge >= 0.3 is 11.9 Å². The smallest absolute Gasteiger partial charge is 0.335 e. The molecule has 0 aliphatic rings. The lowest BCUT2D eigenvalue weighted by atomic mass is 10.1. The van der Waals surface area contributed by atoms with Gasteiger partial charge in [-0.15, -0.1) is 0 Å². The number of nitro benzene ring substituents is 1. The van der Waals surface area contributed by atoms with Crippen LogP contribution in [0.1, 0.15) is 65.6 Å².